The normalized spacial score (nSPS) is 15.8. The summed E-state index contributed by atoms with van der Waals surface area (Å²) >= 11 is 0. The summed E-state index contributed by atoms with van der Waals surface area (Å²) in [6.07, 6.45) is 4.32. The Bertz CT molecular complexity index is 958. The molecule has 1 amide bonds. The topological polar surface area (TPSA) is 70.2 Å². The molecule has 6 nitrogen and oxygen atoms in total. The summed E-state index contributed by atoms with van der Waals surface area (Å²) in [5, 5.41) is 2.90. The molecule has 1 fully saturated rings. The van der Waals surface area contributed by atoms with Gasteiger partial charge in [-0.05, 0) is 68.7 Å². The Hall–Kier alpha value is -2.86. The average molecular weight is 364 g/mol. The van der Waals surface area contributed by atoms with Crippen molar-refractivity contribution in [2.75, 3.05) is 32.6 Å². The Kier molecular flexibility index (Phi) is 4.81. The van der Waals surface area contributed by atoms with Gasteiger partial charge in [-0.15, -0.1) is 0 Å². The molecule has 0 saturated carbocycles. The number of carbonyl (C=O) groups excluding carboxylic acids is 1. The van der Waals surface area contributed by atoms with Gasteiger partial charge in [0.25, 0.3) is 5.91 Å². The molecule has 3 heterocycles. The molecular weight excluding hydrogens is 340 g/mol. The monoisotopic (exact) mass is 364 g/mol. The van der Waals surface area contributed by atoms with Gasteiger partial charge in [0, 0.05) is 6.20 Å². The highest BCUT2D eigenvalue weighted by atomic mass is 16.5. The van der Waals surface area contributed by atoms with E-state index in [1.54, 1.807) is 19.2 Å². The first kappa shape index (κ1) is 17.5. The summed E-state index contributed by atoms with van der Waals surface area (Å²) in [7, 11) is 3.72. The Morgan fingerprint density at radius 3 is 2.78 bits per heavy atom. The van der Waals surface area contributed by atoms with Gasteiger partial charge in [0.05, 0.1) is 23.7 Å². The number of fused-ring (bicyclic) bond motifs is 1. The minimum absolute atomic E-state index is 0.226. The van der Waals surface area contributed by atoms with E-state index in [0.29, 0.717) is 23.0 Å². The predicted molar refractivity (Wildman–Crippen MR) is 107 cm³/mol. The number of hydrogen-bond acceptors (Lipinski definition) is 4. The molecule has 140 valence electrons. The van der Waals surface area contributed by atoms with Crippen LogP contribution in [0.3, 0.4) is 0 Å². The Morgan fingerprint density at radius 1 is 1.22 bits per heavy atom. The molecule has 2 aromatic heterocycles. The summed E-state index contributed by atoms with van der Waals surface area (Å²) in [6.45, 7) is 2.20. The van der Waals surface area contributed by atoms with Gasteiger partial charge in [-0.3, -0.25) is 4.79 Å². The lowest BCUT2D eigenvalue weighted by molar-refractivity contribution is 0.102. The molecule has 1 aromatic carbocycles. The smallest absolute Gasteiger partial charge is 0.260 e. The fourth-order valence-corrected chi connectivity index (χ4v) is 3.74. The number of para-hydroxylation sites is 1. The van der Waals surface area contributed by atoms with E-state index in [-0.39, 0.29) is 5.91 Å². The molecular formula is C21H24N4O2. The highest BCUT2D eigenvalue weighted by Crippen LogP contribution is 2.32. The highest BCUT2D eigenvalue weighted by Gasteiger charge is 2.22. The maximum atomic E-state index is 12.6. The van der Waals surface area contributed by atoms with Crippen molar-refractivity contribution in [1.82, 2.24) is 14.9 Å². The Morgan fingerprint density at radius 2 is 2.00 bits per heavy atom. The van der Waals surface area contributed by atoms with Gasteiger partial charge < -0.3 is 19.9 Å². The fourth-order valence-electron chi connectivity index (χ4n) is 3.74. The number of nitrogens with zero attached hydrogens (tertiary/aromatic N) is 2. The lowest BCUT2D eigenvalue weighted by atomic mass is 9.91. The van der Waals surface area contributed by atoms with E-state index in [9.17, 15) is 4.79 Å². The molecule has 2 N–H and O–H groups in total. The Balaban J connectivity index is 1.59. The van der Waals surface area contributed by atoms with E-state index in [0.717, 1.165) is 37.0 Å². The molecule has 6 heteroatoms. The van der Waals surface area contributed by atoms with Crippen LogP contribution in [0.25, 0.3) is 11.0 Å². The number of piperidine rings is 1. The summed E-state index contributed by atoms with van der Waals surface area (Å²) < 4.78 is 5.28. The van der Waals surface area contributed by atoms with Gasteiger partial charge in [-0.2, -0.15) is 0 Å². The van der Waals surface area contributed by atoms with Crippen molar-refractivity contribution in [3.63, 3.8) is 0 Å². The van der Waals surface area contributed by atoms with Crippen LogP contribution in [0.4, 0.5) is 5.82 Å². The van der Waals surface area contributed by atoms with Gasteiger partial charge in [-0.1, -0.05) is 12.1 Å². The van der Waals surface area contributed by atoms with Crippen LogP contribution in [0.1, 0.15) is 34.7 Å². The second-order valence-electron chi connectivity index (χ2n) is 7.07. The molecule has 0 spiro atoms. The van der Waals surface area contributed by atoms with Crippen molar-refractivity contribution in [3.8, 4) is 5.75 Å². The van der Waals surface area contributed by atoms with Crippen LogP contribution >= 0.6 is 0 Å². The third-order valence-corrected chi connectivity index (χ3v) is 5.30. The molecule has 1 saturated heterocycles. The molecule has 1 aliphatic rings. The average Bonchev–Trinajstić information content (AvgIpc) is 3.11. The summed E-state index contributed by atoms with van der Waals surface area (Å²) in [4.78, 5) is 23.1. The molecule has 0 bridgehead atoms. The summed E-state index contributed by atoms with van der Waals surface area (Å²) in [5.41, 5.74) is 3.68. The Labute approximate surface area is 158 Å². The highest BCUT2D eigenvalue weighted by molar-refractivity contribution is 6.06. The maximum Gasteiger partial charge on any atom is 0.260 e. The molecule has 0 atom stereocenters. The van der Waals surface area contributed by atoms with Crippen LogP contribution in [-0.2, 0) is 0 Å². The number of H-pyrrole nitrogens is 1. The van der Waals surface area contributed by atoms with Crippen LogP contribution in [-0.4, -0.2) is 48.0 Å². The number of nitrogens with one attached hydrogen (secondary N) is 2. The van der Waals surface area contributed by atoms with Crippen molar-refractivity contribution in [3.05, 3.63) is 53.7 Å². The zero-order chi connectivity index (χ0) is 18.8. The number of pyridine rings is 1. The van der Waals surface area contributed by atoms with Crippen molar-refractivity contribution < 1.29 is 9.53 Å². The van der Waals surface area contributed by atoms with E-state index in [1.165, 1.54) is 5.56 Å². The quantitative estimate of drug-likeness (QED) is 0.742. The van der Waals surface area contributed by atoms with Crippen molar-refractivity contribution in [2.45, 2.75) is 18.8 Å². The summed E-state index contributed by atoms with van der Waals surface area (Å²) in [6, 6.07) is 11.0. The second-order valence-corrected chi connectivity index (χ2v) is 7.07. The van der Waals surface area contributed by atoms with Crippen LogP contribution in [0.15, 0.2) is 42.6 Å². The molecule has 4 rings (SSSR count). The van der Waals surface area contributed by atoms with E-state index < -0.39 is 0 Å². The van der Waals surface area contributed by atoms with Gasteiger partial charge in [0.1, 0.15) is 11.6 Å². The predicted octanol–water partition coefficient (Wildman–Crippen LogP) is 3.63. The van der Waals surface area contributed by atoms with E-state index in [1.807, 2.05) is 24.3 Å². The molecule has 0 aliphatic carbocycles. The fraction of sp³-hybridized carbons (Fsp3) is 0.333. The number of likely N-dealkylation sites (tertiary alicyclic amines) is 1. The first-order valence-corrected chi connectivity index (χ1v) is 9.26. The number of aromatic nitrogens is 2. The summed E-state index contributed by atoms with van der Waals surface area (Å²) in [5.74, 6) is 1.37. The van der Waals surface area contributed by atoms with Gasteiger partial charge in [0.15, 0.2) is 0 Å². The van der Waals surface area contributed by atoms with E-state index >= 15 is 0 Å². The van der Waals surface area contributed by atoms with E-state index in [4.69, 9.17) is 9.72 Å². The van der Waals surface area contributed by atoms with Crippen molar-refractivity contribution in [2.24, 2.45) is 0 Å². The number of anilines is 1. The number of methoxy groups -OCH3 is 1. The van der Waals surface area contributed by atoms with Gasteiger partial charge in [0.2, 0.25) is 0 Å². The van der Waals surface area contributed by atoms with Gasteiger partial charge >= 0.3 is 0 Å². The SMILES string of the molecule is COc1ccccc1C(=O)Nc1ccc2[nH]cc(C3CCN(C)CC3)c2n1. The minimum atomic E-state index is -0.226. The minimum Gasteiger partial charge on any atom is -0.496 e. The number of aromatic amines is 1. The van der Waals surface area contributed by atoms with Gasteiger partial charge in [-0.25, -0.2) is 4.98 Å². The number of benzene rings is 1. The largest absolute Gasteiger partial charge is 0.496 e. The van der Waals surface area contributed by atoms with Crippen molar-refractivity contribution >= 4 is 22.8 Å². The molecule has 0 unspecified atom stereocenters. The van der Waals surface area contributed by atoms with E-state index in [2.05, 4.69) is 28.4 Å². The number of ether oxygens (including phenoxy) is 1. The van der Waals surface area contributed by atoms with Crippen LogP contribution < -0.4 is 10.1 Å². The number of amides is 1. The number of rotatable bonds is 4. The lowest BCUT2D eigenvalue weighted by Crippen LogP contribution is -2.29. The number of hydrogen-bond donors (Lipinski definition) is 2. The molecule has 1 aliphatic heterocycles. The molecule has 27 heavy (non-hydrogen) atoms. The second kappa shape index (κ2) is 7.40. The van der Waals surface area contributed by atoms with Crippen LogP contribution in [0.5, 0.6) is 5.75 Å². The first-order chi connectivity index (χ1) is 13.2. The first-order valence-electron chi connectivity index (χ1n) is 9.26. The van der Waals surface area contributed by atoms with Crippen LogP contribution in [0.2, 0.25) is 0 Å². The third kappa shape index (κ3) is 3.53. The zero-order valence-electron chi connectivity index (χ0n) is 15.7. The van der Waals surface area contributed by atoms with Crippen LogP contribution in [0, 0.1) is 0 Å². The standard InChI is InChI=1S/C21H24N4O2/c1-25-11-9-14(10-12-25)16-13-22-17-7-8-19(23-20(16)17)24-21(26)15-5-3-4-6-18(15)27-2/h3-8,13-14,22H,9-12H2,1-2H3,(H,23,24,26). The van der Waals surface area contributed by atoms with Crippen molar-refractivity contribution in [1.29, 1.82) is 0 Å². The number of carbonyl (C=O) groups is 1. The maximum absolute atomic E-state index is 12.6. The third-order valence-electron chi connectivity index (χ3n) is 5.30. The zero-order valence-corrected chi connectivity index (χ0v) is 15.7. The lowest BCUT2D eigenvalue weighted by Gasteiger charge is -2.28. The molecule has 0 radical (unpaired) electrons. The molecule has 3 aromatic rings.